The highest BCUT2D eigenvalue weighted by molar-refractivity contribution is 6.30. The number of halogens is 1. The third-order valence-electron chi connectivity index (χ3n) is 3.89. The van der Waals surface area contributed by atoms with E-state index in [2.05, 4.69) is 13.8 Å². The molecule has 0 aliphatic heterocycles. The molecular formula is C15H22ClNO2. The standard InChI is InChI=1S/C14H18ClNO2.CH4/c1-14(2)11(9-6-5-7-10(15)8-9)12(14)13(17)16(3)18-4;/h5-8,11-12H,1-4H3;1H4/t11-,12+;/m1./s1. The summed E-state index contributed by atoms with van der Waals surface area (Å²) in [6, 6.07) is 7.73. The van der Waals surface area contributed by atoms with Gasteiger partial charge in [0.2, 0.25) is 5.91 Å². The summed E-state index contributed by atoms with van der Waals surface area (Å²) in [4.78, 5) is 17.2. The van der Waals surface area contributed by atoms with Crippen LogP contribution in [0.4, 0.5) is 0 Å². The molecule has 0 N–H and O–H groups in total. The van der Waals surface area contributed by atoms with Gasteiger partial charge in [-0.15, -0.1) is 0 Å². The molecule has 0 spiro atoms. The Kier molecular flexibility index (Phi) is 4.64. The highest BCUT2D eigenvalue weighted by Gasteiger charge is 2.63. The van der Waals surface area contributed by atoms with Crippen molar-refractivity contribution < 1.29 is 9.63 Å². The molecule has 0 unspecified atom stereocenters. The molecular weight excluding hydrogens is 262 g/mol. The van der Waals surface area contributed by atoms with Gasteiger partial charge in [0.05, 0.1) is 13.0 Å². The predicted octanol–water partition coefficient (Wildman–Crippen LogP) is 3.74. The Morgan fingerprint density at radius 2 is 2.05 bits per heavy atom. The Morgan fingerprint density at radius 1 is 1.42 bits per heavy atom. The first-order valence-corrected chi connectivity index (χ1v) is 6.34. The van der Waals surface area contributed by atoms with E-state index in [1.807, 2.05) is 24.3 Å². The molecule has 0 radical (unpaired) electrons. The summed E-state index contributed by atoms with van der Waals surface area (Å²) < 4.78 is 0. The van der Waals surface area contributed by atoms with Gasteiger partial charge in [0.25, 0.3) is 0 Å². The zero-order valence-corrected chi connectivity index (χ0v) is 11.9. The molecule has 0 saturated heterocycles. The van der Waals surface area contributed by atoms with Gasteiger partial charge in [-0.2, -0.15) is 0 Å². The SMILES string of the molecule is C.CON(C)C(=O)[C@@H]1[C@@H](c2cccc(Cl)c2)C1(C)C. The highest BCUT2D eigenvalue weighted by Crippen LogP contribution is 2.65. The van der Waals surface area contributed by atoms with E-state index in [4.69, 9.17) is 16.4 Å². The lowest BCUT2D eigenvalue weighted by Gasteiger charge is -2.14. The van der Waals surface area contributed by atoms with Gasteiger partial charge in [-0.1, -0.05) is 45.0 Å². The van der Waals surface area contributed by atoms with Crippen LogP contribution in [0, 0.1) is 11.3 Å². The normalized spacial score (nSPS) is 23.4. The maximum atomic E-state index is 12.2. The molecule has 1 saturated carbocycles. The molecule has 1 aromatic rings. The number of carbonyl (C=O) groups excluding carboxylic acids is 1. The minimum Gasteiger partial charge on any atom is -0.275 e. The lowest BCUT2D eigenvalue weighted by molar-refractivity contribution is -0.171. The van der Waals surface area contributed by atoms with Crippen LogP contribution in [-0.2, 0) is 9.63 Å². The Hall–Kier alpha value is -1.06. The lowest BCUT2D eigenvalue weighted by Crippen LogP contribution is -2.28. The number of carbonyl (C=O) groups is 1. The number of amides is 1. The lowest BCUT2D eigenvalue weighted by atomic mass is 10.0. The largest absolute Gasteiger partial charge is 0.275 e. The van der Waals surface area contributed by atoms with Gasteiger partial charge < -0.3 is 0 Å². The van der Waals surface area contributed by atoms with E-state index in [1.165, 1.54) is 12.2 Å². The number of rotatable bonds is 3. The Labute approximate surface area is 120 Å². The first-order valence-electron chi connectivity index (χ1n) is 5.96. The quantitative estimate of drug-likeness (QED) is 0.791. The Balaban J connectivity index is 0.00000180. The average Bonchev–Trinajstić information content (AvgIpc) is 2.90. The summed E-state index contributed by atoms with van der Waals surface area (Å²) >= 11 is 6.01. The molecule has 0 heterocycles. The molecule has 0 aromatic heterocycles. The minimum atomic E-state index is -0.0471. The summed E-state index contributed by atoms with van der Waals surface area (Å²) in [5.41, 5.74) is 1.07. The van der Waals surface area contributed by atoms with E-state index in [9.17, 15) is 4.79 Å². The van der Waals surface area contributed by atoms with Gasteiger partial charge in [0, 0.05) is 18.0 Å². The molecule has 1 aromatic carbocycles. The van der Waals surface area contributed by atoms with Gasteiger partial charge >= 0.3 is 0 Å². The van der Waals surface area contributed by atoms with Gasteiger partial charge in [0.15, 0.2) is 0 Å². The smallest absolute Gasteiger partial charge is 0.250 e. The van der Waals surface area contributed by atoms with Gasteiger partial charge in [-0.05, 0) is 23.1 Å². The van der Waals surface area contributed by atoms with Crippen molar-refractivity contribution >= 4 is 17.5 Å². The monoisotopic (exact) mass is 283 g/mol. The summed E-state index contributed by atoms with van der Waals surface area (Å²) in [6.45, 7) is 4.20. The number of hydrogen-bond acceptors (Lipinski definition) is 2. The fraction of sp³-hybridized carbons (Fsp3) is 0.533. The zero-order valence-electron chi connectivity index (χ0n) is 11.1. The molecule has 2 rings (SSSR count). The van der Waals surface area contributed by atoms with Crippen molar-refractivity contribution in [3.63, 3.8) is 0 Å². The average molecular weight is 284 g/mol. The van der Waals surface area contributed by atoms with Gasteiger partial charge in [-0.3, -0.25) is 9.63 Å². The van der Waals surface area contributed by atoms with Crippen molar-refractivity contribution in [2.75, 3.05) is 14.2 Å². The first-order chi connectivity index (χ1) is 8.39. The third kappa shape index (κ3) is 2.77. The van der Waals surface area contributed by atoms with Crippen LogP contribution in [0.3, 0.4) is 0 Å². The van der Waals surface area contributed by atoms with Gasteiger partial charge in [0.1, 0.15) is 0 Å². The third-order valence-corrected chi connectivity index (χ3v) is 4.12. The maximum absolute atomic E-state index is 12.2. The number of hydroxylamine groups is 2. The van der Waals surface area contributed by atoms with E-state index < -0.39 is 0 Å². The highest BCUT2D eigenvalue weighted by atomic mass is 35.5. The minimum absolute atomic E-state index is 0. The molecule has 1 fully saturated rings. The molecule has 3 nitrogen and oxygen atoms in total. The zero-order chi connectivity index (χ0) is 13.5. The molecule has 2 atom stereocenters. The van der Waals surface area contributed by atoms with E-state index in [0.717, 1.165) is 5.56 Å². The maximum Gasteiger partial charge on any atom is 0.250 e. The van der Waals surface area contributed by atoms with Crippen molar-refractivity contribution in [3.8, 4) is 0 Å². The second kappa shape index (κ2) is 5.51. The summed E-state index contributed by atoms with van der Waals surface area (Å²) in [7, 11) is 3.15. The second-order valence-electron chi connectivity index (χ2n) is 5.35. The fourth-order valence-electron chi connectivity index (χ4n) is 2.71. The van der Waals surface area contributed by atoms with Crippen LogP contribution >= 0.6 is 11.6 Å². The van der Waals surface area contributed by atoms with Crippen molar-refractivity contribution in [2.24, 2.45) is 11.3 Å². The molecule has 19 heavy (non-hydrogen) atoms. The summed E-state index contributed by atoms with van der Waals surface area (Å²) in [6.07, 6.45) is 0. The molecule has 0 bridgehead atoms. The van der Waals surface area contributed by atoms with Crippen molar-refractivity contribution in [3.05, 3.63) is 34.9 Å². The Morgan fingerprint density at radius 3 is 2.58 bits per heavy atom. The van der Waals surface area contributed by atoms with Gasteiger partial charge in [-0.25, -0.2) is 5.06 Å². The topological polar surface area (TPSA) is 29.5 Å². The van der Waals surface area contributed by atoms with Crippen LogP contribution in [0.25, 0.3) is 0 Å². The first kappa shape index (κ1) is 16.0. The van der Waals surface area contributed by atoms with Crippen LogP contribution in [-0.4, -0.2) is 25.1 Å². The van der Waals surface area contributed by atoms with Crippen molar-refractivity contribution in [2.45, 2.75) is 27.2 Å². The van der Waals surface area contributed by atoms with Crippen molar-refractivity contribution in [1.82, 2.24) is 5.06 Å². The van der Waals surface area contributed by atoms with E-state index in [0.29, 0.717) is 5.02 Å². The van der Waals surface area contributed by atoms with Crippen LogP contribution in [0.2, 0.25) is 5.02 Å². The summed E-state index contributed by atoms with van der Waals surface area (Å²) in [5.74, 6) is 0.190. The molecule has 106 valence electrons. The van der Waals surface area contributed by atoms with Crippen LogP contribution < -0.4 is 0 Å². The molecule has 4 heteroatoms. The van der Waals surface area contributed by atoms with Crippen LogP contribution in [0.5, 0.6) is 0 Å². The second-order valence-corrected chi connectivity index (χ2v) is 5.79. The predicted molar refractivity (Wildman–Crippen MR) is 78.0 cm³/mol. The molecule has 1 aliphatic carbocycles. The number of nitrogens with zero attached hydrogens (tertiary/aromatic N) is 1. The van der Waals surface area contributed by atoms with Crippen LogP contribution in [0.1, 0.15) is 32.8 Å². The Bertz CT molecular complexity index is 473. The van der Waals surface area contributed by atoms with E-state index in [1.54, 1.807) is 7.05 Å². The van der Waals surface area contributed by atoms with Crippen molar-refractivity contribution in [1.29, 1.82) is 0 Å². The molecule has 1 amide bonds. The van der Waals surface area contributed by atoms with E-state index in [-0.39, 0.29) is 30.6 Å². The van der Waals surface area contributed by atoms with E-state index >= 15 is 0 Å². The molecule has 1 aliphatic rings. The summed E-state index contributed by atoms with van der Waals surface area (Å²) in [5, 5.41) is 2.01. The van der Waals surface area contributed by atoms with Crippen LogP contribution in [0.15, 0.2) is 24.3 Å². The number of hydrogen-bond donors (Lipinski definition) is 0. The fourth-order valence-corrected chi connectivity index (χ4v) is 2.91. The number of benzene rings is 1.